The first-order chi connectivity index (χ1) is 7.68. The van der Waals surface area contributed by atoms with Crippen LogP contribution in [0.5, 0.6) is 0 Å². The van der Waals surface area contributed by atoms with E-state index in [1.165, 1.54) is 0 Å². The van der Waals surface area contributed by atoms with E-state index in [0.717, 1.165) is 18.4 Å². The molecule has 0 radical (unpaired) electrons. The number of benzene rings is 1. The Morgan fingerprint density at radius 3 is 2.56 bits per heavy atom. The van der Waals surface area contributed by atoms with Crippen molar-refractivity contribution in [2.24, 2.45) is 11.1 Å². The van der Waals surface area contributed by atoms with Crippen LogP contribution in [0.25, 0.3) is 0 Å². The van der Waals surface area contributed by atoms with E-state index in [9.17, 15) is 4.79 Å². The van der Waals surface area contributed by atoms with Gasteiger partial charge in [-0.1, -0.05) is 30.3 Å². The van der Waals surface area contributed by atoms with Gasteiger partial charge in [-0.15, -0.1) is 0 Å². The largest absolute Gasteiger partial charge is 0.349 e. The Labute approximate surface area is 96.0 Å². The molecule has 1 aliphatic rings. The van der Waals surface area contributed by atoms with Crippen LogP contribution in [-0.2, 0) is 4.79 Å². The molecular weight excluding hydrogens is 200 g/mol. The topological polar surface area (TPSA) is 55.1 Å². The minimum Gasteiger partial charge on any atom is -0.349 e. The molecule has 1 fully saturated rings. The molecule has 0 unspecified atom stereocenters. The summed E-state index contributed by atoms with van der Waals surface area (Å²) in [7, 11) is 0. The lowest BCUT2D eigenvalue weighted by Gasteiger charge is -2.18. The standard InChI is InChI=1S/C13H18N2O/c1-10(11-5-3-2-4-6-11)15-12(16)13(9-14)7-8-13/h2-6,10H,7-9,14H2,1H3,(H,15,16)/t10-/m0/s1. The number of hydrogen-bond donors (Lipinski definition) is 2. The third-order valence-corrected chi connectivity index (χ3v) is 3.37. The SMILES string of the molecule is C[C@H](NC(=O)C1(CN)CC1)c1ccccc1. The second-order valence-electron chi connectivity index (χ2n) is 4.59. The summed E-state index contributed by atoms with van der Waals surface area (Å²) in [4.78, 5) is 12.0. The predicted molar refractivity (Wildman–Crippen MR) is 63.7 cm³/mol. The molecule has 3 heteroatoms. The number of hydrogen-bond acceptors (Lipinski definition) is 2. The van der Waals surface area contributed by atoms with Gasteiger partial charge in [0, 0.05) is 6.54 Å². The number of rotatable bonds is 4. The minimum absolute atomic E-state index is 0.0534. The van der Waals surface area contributed by atoms with Crippen molar-refractivity contribution in [3.8, 4) is 0 Å². The molecular formula is C13H18N2O. The number of amides is 1. The Morgan fingerprint density at radius 2 is 2.06 bits per heavy atom. The third-order valence-electron chi connectivity index (χ3n) is 3.37. The molecule has 1 aromatic carbocycles. The Kier molecular flexibility index (Phi) is 2.97. The van der Waals surface area contributed by atoms with Crippen molar-refractivity contribution in [3.05, 3.63) is 35.9 Å². The van der Waals surface area contributed by atoms with E-state index in [0.29, 0.717) is 6.54 Å². The Morgan fingerprint density at radius 1 is 1.44 bits per heavy atom. The quantitative estimate of drug-likeness (QED) is 0.806. The highest BCUT2D eigenvalue weighted by atomic mass is 16.2. The van der Waals surface area contributed by atoms with Gasteiger partial charge in [0.15, 0.2) is 0 Å². The van der Waals surface area contributed by atoms with Crippen molar-refractivity contribution in [2.45, 2.75) is 25.8 Å². The van der Waals surface area contributed by atoms with Crippen LogP contribution in [0.15, 0.2) is 30.3 Å². The number of carbonyl (C=O) groups excluding carboxylic acids is 1. The van der Waals surface area contributed by atoms with E-state index in [4.69, 9.17) is 5.73 Å². The normalized spacial score (nSPS) is 18.9. The molecule has 1 aliphatic carbocycles. The van der Waals surface area contributed by atoms with Gasteiger partial charge >= 0.3 is 0 Å². The average molecular weight is 218 g/mol. The summed E-state index contributed by atoms with van der Waals surface area (Å²) < 4.78 is 0. The summed E-state index contributed by atoms with van der Waals surface area (Å²) in [5.41, 5.74) is 6.49. The maximum absolute atomic E-state index is 12.0. The Balaban J connectivity index is 1.98. The van der Waals surface area contributed by atoms with Gasteiger partial charge in [-0.3, -0.25) is 4.79 Å². The summed E-state index contributed by atoms with van der Waals surface area (Å²) in [5, 5.41) is 3.03. The monoisotopic (exact) mass is 218 g/mol. The van der Waals surface area contributed by atoms with Crippen LogP contribution in [0.4, 0.5) is 0 Å². The van der Waals surface area contributed by atoms with Crippen LogP contribution in [0, 0.1) is 5.41 Å². The molecule has 3 N–H and O–H groups in total. The average Bonchev–Trinajstić information content (AvgIpc) is 3.11. The fourth-order valence-electron chi connectivity index (χ4n) is 1.85. The van der Waals surface area contributed by atoms with Gasteiger partial charge in [-0.05, 0) is 25.3 Å². The first kappa shape index (κ1) is 11.1. The molecule has 0 bridgehead atoms. The van der Waals surface area contributed by atoms with Crippen molar-refractivity contribution in [1.82, 2.24) is 5.32 Å². The van der Waals surface area contributed by atoms with Gasteiger partial charge < -0.3 is 11.1 Å². The molecule has 1 atom stereocenters. The van der Waals surface area contributed by atoms with E-state index in [1.54, 1.807) is 0 Å². The van der Waals surface area contributed by atoms with Crippen molar-refractivity contribution in [2.75, 3.05) is 6.54 Å². The first-order valence-electron chi connectivity index (χ1n) is 5.74. The summed E-state index contributed by atoms with van der Waals surface area (Å²) >= 11 is 0. The van der Waals surface area contributed by atoms with Crippen molar-refractivity contribution >= 4 is 5.91 Å². The molecule has 0 aliphatic heterocycles. The molecule has 1 saturated carbocycles. The molecule has 0 saturated heterocycles. The number of carbonyl (C=O) groups is 1. The van der Waals surface area contributed by atoms with Gasteiger partial charge in [0.2, 0.25) is 5.91 Å². The van der Waals surface area contributed by atoms with E-state index < -0.39 is 0 Å². The van der Waals surface area contributed by atoms with E-state index in [-0.39, 0.29) is 17.4 Å². The molecule has 2 rings (SSSR count). The van der Waals surface area contributed by atoms with Crippen molar-refractivity contribution in [3.63, 3.8) is 0 Å². The summed E-state index contributed by atoms with van der Waals surface area (Å²) in [6.07, 6.45) is 1.85. The lowest BCUT2D eigenvalue weighted by molar-refractivity contribution is -0.126. The molecule has 86 valence electrons. The maximum Gasteiger partial charge on any atom is 0.227 e. The molecule has 0 heterocycles. The van der Waals surface area contributed by atoms with Crippen LogP contribution in [-0.4, -0.2) is 12.5 Å². The van der Waals surface area contributed by atoms with Crippen LogP contribution in [0.2, 0.25) is 0 Å². The zero-order valence-electron chi connectivity index (χ0n) is 9.57. The summed E-state index contributed by atoms with van der Waals surface area (Å²) in [6, 6.07) is 10.0. The lowest BCUT2D eigenvalue weighted by Crippen LogP contribution is -2.37. The molecule has 16 heavy (non-hydrogen) atoms. The highest BCUT2D eigenvalue weighted by Crippen LogP contribution is 2.45. The number of nitrogens with one attached hydrogen (secondary N) is 1. The van der Waals surface area contributed by atoms with Gasteiger partial charge in [-0.25, -0.2) is 0 Å². The van der Waals surface area contributed by atoms with E-state index in [1.807, 2.05) is 37.3 Å². The second kappa shape index (κ2) is 4.26. The zero-order valence-corrected chi connectivity index (χ0v) is 9.57. The molecule has 1 amide bonds. The molecule has 0 spiro atoms. The fraction of sp³-hybridized carbons (Fsp3) is 0.462. The second-order valence-corrected chi connectivity index (χ2v) is 4.59. The highest BCUT2D eigenvalue weighted by molar-refractivity contribution is 5.85. The maximum atomic E-state index is 12.0. The van der Waals surface area contributed by atoms with Gasteiger partial charge in [-0.2, -0.15) is 0 Å². The number of nitrogens with two attached hydrogens (primary N) is 1. The van der Waals surface area contributed by atoms with Crippen LogP contribution in [0.1, 0.15) is 31.4 Å². The van der Waals surface area contributed by atoms with Gasteiger partial charge in [0.25, 0.3) is 0 Å². The fourth-order valence-corrected chi connectivity index (χ4v) is 1.85. The smallest absolute Gasteiger partial charge is 0.227 e. The molecule has 0 aromatic heterocycles. The molecule has 3 nitrogen and oxygen atoms in total. The van der Waals surface area contributed by atoms with Crippen molar-refractivity contribution < 1.29 is 4.79 Å². The Hall–Kier alpha value is -1.35. The van der Waals surface area contributed by atoms with Crippen LogP contribution in [0.3, 0.4) is 0 Å². The highest BCUT2D eigenvalue weighted by Gasteiger charge is 2.48. The van der Waals surface area contributed by atoms with E-state index >= 15 is 0 Å². The first-order valence-corrected chi connectivity index (χ1v) is 5.74. The van der Waals surface area contributed by atoms with Gasteiger partial charge in [0.05, 0.1) is 11.5 Å². The van der Waals surface area contributed by atoms with Crippen LogP contribution < -0.4 is 11.1 Å². The lowest BCUT2D eigenvalue weighted by atomic mass is 10.0. The van der Waals surface area contributed by atoms with Gasteiger partial charge in [0.1, 0.15) is 0 Å². The summed E-state index contributed by atoms with van der Waals surface area (Å²) in [6.45, 7) is 2.46. The predicted octanol–water partition coefficient (Wildman–Crippen LogP) is 1.60. The summed E-state index contributed by atoms with van der Waals surface area (Å²) in [5.74, 6) is 0.103. The minimum atomic E-state index is -0.261. The molecule has 1 aromatic rings. The van der Waals surface area contributed by atoms with Crippen molar-refractivity contribution in [1.29, 1.82) is 0 Å². The van der Waals surface area contributed by atoms with E-state index in [2.05, 4.69) is 5.32 Å². The third kappa shape index (κ3) is 2.09. The Bertz CT molecular complexity index is 371. The van der Waals surface area contributed by atoms with Crippen LogP contribution >= 0.6 is 0 Å². The zero-order chi connectivity index (χ0) is 11.6.